The first-order chi connectivity index (χ1) is 16.5. The van der Waals surface area contributed by atoms with Crippen molar-refractivity contribution in [2.24, 2.45) is 5.10 Å². The van der Waals surface area contributed by atoms with Gasteiger partial charge in [-0.25, -0.2) is 10.1 Å². The van der Waals surface area contributed by atoms with Gasteiger partial charge in [-0.2, -0.15) is 10.2 Å². The Kier molecular flexibility index (Phi) is 7.51. The van der Waals surface area contributed by atoms with Crippen LogP contribution in [0.4, 0.5) is 0 Å². The van der Waals surface area contributed by atoms with Crippen LogP contribution in [0.3, 0.4) is 0 Å². The maximum atomic E-state index is 12.2. The Morgan fingerprint density at radius 2 is 1.79 bits per heavy atom. The molecule has 4 rings (SSSR count). The number of halogens is 2. The number of carbonyl (C=O) groups is 2. The fraction of sp³-hybridized carbons (Fsp3) is 0.0400. The van der Waals surface area contributed by atoms with E-state index < -0.39 is 11.8 Å². The third kappa shape index (κ3) is 5.98. The van der Waals surface area contributed by atoms with Gasteiger partial charge in [-0.15, -0.1) is 0 Å². The van der Waals surface area contributed by atoms with Crippen molar-refractivity contribution in [3.05, 3.63) is 106 Å². The average molecular weight is 537 g/mol. The van der Waals surface area contributed by atoms with Crippen molar-refractivity contribution < 1.29 is 9.59 Å². The number of nitrogens with zero attached hydrogens (tertiary/aromatic N) is 3. The van der Waals surface area contributed by atoms with Crippen LogP contribution in [0.5, 0.6) is 0 Å². The number of rotatable bonds is 7. The van der Waals surface area contributed by atoms with Crippen molar-refractivity contribution in [3.8, 4) is 16.9 Å². The Bertz CT molecular complexity index is 1340. The predicted octanol–water partition coefficient (Wildman–Crippen LogP) is 4.84. The zero-order valence-corrected chi connectivity index (χ0v) is 20.1. The third-order valence-electron chi connectivity index (χ3n) is 4.77. The summed E-state index contributed by atoms with van der Waals surface area (Å²) in [5, 5.41) is 11.7. The number of hydrazone groups is 1. The molecule has 0 bridgehead atoms. The van der Waals surface area contributed by atoms with Gasteiger partial charge in [0.05, 0.1) is 18.4 Å². The van der Waals surface area contributed by atoms with Gasteiger partial charge in [0.25, 0.3) is 11.8 Å². The lowest BCUT2D eigenvalue weighted by Crippen LogP contribution is -2.34. The Labute approximate surface area is 209 Å². The molecule has 0 aliphatic rings. The highest BCUT2D eigenvalue weighted by Gasteiger charge is 2.12. The summed E-state index contributed by atoms with van der Waals surface area (Å²) in [6, 6.07) is 23.9. The molecule has 9 heteroatoms. The molecule has 34 heavy (non-hydrogen) atoms. The Hall–Kier alpha value is -3.75. The number of nitrogens with one attached hydrogen (secondary N) is 2. The number of hydrogen-bond acceptors (Lipinski definition) is 4. The maximum absolute atomic E-state index is 12.2. The largest absolute Gasteiger partial charge is 0.343 e. The zero-order valence-electron chi connectivity index (χ0n) is 17.8. The van der Waals surface area contributed by atoms with Gasteiger partial charge in [0.2, 0.25) is 0 Å². The Morgan fingerprint density at radius 1 is 1.03 bits per heavy atom. The highest BCUT2D eigenvalue weighted by Crippen LogP contribution is 2.24. The van der Waals surface area contributed by atoms with Crippen LogP contribution in [0.25, 0.3) is 16.9 Å². The molecule has 0 aliphatic carbocycles. The van der Waals surface area contributed by atoms with Crippen LogP contribution in [-0.4, -0.2) is 34.4 Å². The van der Waals surface area contributed by atoms with Crippen LogP contribution >= 0.6 is 27.5 Å². The van der Waals surface area contributed by atoms with Gasteiger partial charge < -0.3 is 5.32 Å². The lowest BCUT2D eigenvalue weighted by atomic mass is 10.1. The molecule has 4 aromatic rings. The lowest BCUT2D eigenvalue weighted by Gasteiger charge is -2.04. The molecule has 0 unspecified atom stereocenters. The molecule has 0 saturated heterocycles. The number of amides is 2. The van der Waals surface area contributed by atoms with Gasteiger partial charge in [-0.1, -0.05) is 63.9 Å². The molecule has 0 aliphatic heterocycles. The summed E-state index contributed by atoms with van der Waals surface area (Å²) in [7, 11) is 0. The van der Waals surface area contributed by atoms with E-state index in [9.17, 15) is 9.59 Å². The van der Waals surface area contributed by atoms with E-state index in [0.717, 1.165) is 21.3 Å². The summed E-state index contributed by atoms with van der Waals surface area (Å²) in [5.74, 6) is -0.865. The molecule has 0 radical (unpaired) electrons. The van der Waals surface area contributed by atoms with Crippen molar-refractivity contribution in [1.29, 1.82) is 0 Å². The third-order valence-corrected chi connectivity index (χ3v) is 5.53. The molecule has 2 N–H and O–H groups in total. The average Bonchev–Trinajstić information content (AvgIpc) is 3.27. The number of hydrogen-bond donors (Lipinski definition) is 2. The highest BCUT2D eigenvalue weighted by atomic mass is 79.9. The predicted molar refractivity (Wildman–Crippen MR) is 136 cm³/mol. The van der Waals surface area contributed by atoms with Crippen LogP contribution in [0.1, 0.15) is 15.9 Å². The first kappa shape index (κ1) is 23.4. The summed E-state index contributed by atoms with van der Waals surface area (Å²) in [5.41, 5.74) is 6.03. The molecular formula is C25H19BrClN5O2. The van der Waals surface area contributed by atoms with Gasteiger partial charge in [-0.05, 0) is 42.5 Å². The minimum absolute atomic E-state index is 0.231. The van der Waals surface area contributed by atoms with Crippen LogP contribution in [0, 0.1) is 0 Å². The Morgan fingerprint density at radius 3 is 2.53 bits per heavy atom. The van der Waals surface area contributed by atoms with Crippen LogP contribution < -0.4 is 10.7 Å². The summed E-state index contributed by atoms with van der Waals surface area (Å²) >= 11 is 9.34. The molecule has 0 saturated carbocycles. The Balaban J connectivity index is 1.46. The fourth-order valence-corrected chi connectivity index (χ4v) is 3.59. The monoisotopic (exact) mass is 535 g/mol. The van der Waals surface area contributed by atoms with E-state index in [2.05, 4.69) is 31.8 Å². The standard InChI is InChI=1S/C25H19BrClN5O2/c26-20-11-9-17(10-12-20)24-19(16-32(31-24)22-7-2-1-3-8-22)14-29-30-23(33)15-28-25(34)18-5-4-6-21(27)13-18/h1-14,16H,15H2,(H,28,34)(H,30,33). The van der Waals surface area contributed by atoms with Gasteiger partial charge in [0.15, 0.2) is 0 Å². The quantitative estimate of drug-likeness (QED) is 0.262. The smallest absolute Gasteiger partial charge is 0.259 e. The summed E-state index contributed by atoms with van der Waals surface area (Å²) in [4.78, 5) is 24.3. The molecule has 2 amide bonds. The van der Waals surface area contributed by atoms with Crippen LogP contribution in [0.15, 0.2) is 94.6 Å². The SMILES string of the molecule is O=C(CNC(=O)c1cccc(Cl)c1)NN=Cc1cn(-c2ccccc2)nc1-c1ccc(Br)cc1. The maximum Gasteiger partial charge on any atom is 0.259 e. The van der Waals surface area contributed by atoms with Crippen molar-refractivity contribution in [2.75, 3.05) is 6.54 Å². The van der Waals surface area contributed by atoms with Crippen molar-refractivity contribution in [3.63, 3.8) is 0 Å². The second kappa shape index (κ2) is 10.9. The number of aromatic nitrogens is 2. The highest BCUT2D eigenvalue weighted by molar-refractivity contribution is 9.10. The molecule has 170 valence electrons. The second-order valence-electron chi connectivity index (χ2n) is 7.21. The normalized spacial score (nSPS) is 10.9. The van der Waals surface area contributed by atoms with E-state index in [4.69, 9.17) is 16.7 Å². The van der Waals surface area contributed by atoms with E-state index in [-0.39, 0.29) is 6.54 Å². The van der Waals surface area contributed by atoms with Crippen LogP contribution in [-0.2, 0) is 4.79 Å². The van der Waals surface area contributed by atoms with Gasteiger partial charge >= 0.3 is 0 Å². The summed E-state index contributed by atoms with van der Waals surface area (Å²) in [6.45, 7) is -0.231. The zero-order chi connectivity index (χ0) is 23.9. The van der Waals surface area contributed by atoms with Gasteiger partial charge in [0.1, 0.15) is 5.69 Å². The first-order valence-corrected chi connectivity index (χ1v) is 11.4. The first-order valence-electron chi connectivity index (χ1n) is 10.3. The molecule has 1 aromatic heterocycles. The van der Waals surface area contributed by atoms with E-state index in [0.29, 0.717) is 16.3 Å². The minimum atomic E-state index is -0.465. The minimum Gasteiger partial charge on any atom is -0.343 e. The molecule has 0 spiro atoms. The summed E-state index contributed by atoms with van der Waals surface area (Å²) in [6.07, 6.45) is 3.36. The van der Waals surface area contributed by atoms with E-state index >= 15 is 0 Å². The van der Waals surface area contributed by atoms with Crippen molar-refractivity contribution in [1.82, 2.24) is 20.5 Å². The molecule has 0 fully saturated rings. The van der Waals surface area contributed by atoms with E-state index in [1.54, 1.807) is 22.9 Å². The summed E-state index contributed by atoms with van der Waals surface area (Å²) < 4.78 is 2.72. The van der Waals surface area contributed by atoms with Gasteiger partial charge in [0, 0.05) is 32.4 Å². The second-order valence-corrected chi connectivity index (χ2v) is 8.56. The van der Waals surface area contributed by atoms with Gasteiger partial charge in [-0.3, -0.25) is 9.59 Å². The molecule has 3 aromatic carbocycles. The van der Waals surface area contributed by atoms with Crippen LogP contribution in [0.2, 0.25) is 5.02 Å². The number of carbonyl (C=O) groups excluding carboxylic acids is 2. The fourth-order valence-electron chi connectivity index (χ4n) is 3.13. The van der Waals surface area contributed by atoms with Crippen molar-refractivity contribution in [2.45, 2.75) is 0 Å². The number of benzene rings is 3. The lowest BCUT2D eigenvalue weighted by molar-refractivity contribution is -0.120. The van der Waals surface area contributed by atoms with E-state index in [1.165, 1.54) is 12.3 Å². The molecule has 1 heterocycles. The van der Waals surface area contributed by atoms with E-state index in [1.807, 2.05) is 60.8 Å². The molecule has 7 nitrogen and oxygen atoms in total. The van der Waals surface area contributed by atoms with Crippen molar-refractivity contribution >= 4 is 45.6 Å². The molecule has 0 atom stereocenters. The topological polar surface area (TPSA) is 88.4 Å². The number of para-hydroxylation sites is 1. The molecular weight excluding hydrogens is 518 g/mol.